The summed E-state index contributed by atoms with van der Waals surface area (Å²) in [5.41, 5.74) is 0. The zero-order valence-electron chi connectivity index (χ0n) is 11.6. The zero-order valence-corrected chi connectivity index (χ0v) is 11.6. The predicted molar refractivity (Wildman–Crippen MR) is 72.5 cm³/mol. The molecule has 1 aromatic rings. The van der Waals surface area contributed by atoms with Crippen LogP contribution in [0.25, 0.3) is 0 Å². The number of anilines is 2. The third-order valence-electron chi connectivity index (χ3n) is 2.67. The summed E-state index contributed by atoms with van der Waals surface area (Å²) in [4.78, 5) is 3.95. The van der Waals surface area contributed by atoms with Crippen molar-refractivity contribution in [1.82, 2.24) is 4.98 Å². The van der Waals surface area contributed by atoms with E-state index in [0.717, 1.165) is 18.9 Å². The largest absolute Gasteiger partial charge is 0.383 e. The summed E-state index contributed by atoms with van der Waals surface area (Å²) >= 11 is 0. The van der Waals surface area contributed by atoms with Crippen LogP contribution in [-0.4, -0.2) is 31.3 Å². The Hall–Kier alpha value is -1.43. The Morgan fingerprint density at radius 3 is 2.53 bits per heavy atom. The van der Waals surface area contributed by atoms with Crippen LogP contribution in [0.2, 0.25) is 0 Å². The van der Waals surface area contributed by atoms with E-state index in [2.05, 4.69) is 15.6 Å². The average Bonchev–Trinajstić information content (AvgIpc) is 2.39. The quantitative estimate of drug-likeness (QED) is 0.764. The highest BCUT2D eigenvalue weighted by Gasteiger charge is 2.14. The van der Waals surface area contributed by atoms with Crippen LogP contribution in [0.1, 0.15) is 26.7 Å². The lowest BCUT2D eigenvalue weighted by molar-refractivity contribution is 0.184. The second kappa shape index (κ2) is 7.89. The Kier molecular flexibility index (Phi) is 6.49. The van der Waals surface area contributed by atoms with Gasteiger partial charge in [0.25, 0.3) is 0 Å². The van der Waals surface area contributed by atoms with Crippen molar-refractivity contribution in [2.75, 3.05) is 30.9 Å². The van der Waals surface area contributed by atoms with Crippen molar-refractivity contribution in [3.63, 3.8) is 0 Å². The van der Waals surface area contributed by atoms with Gasteiger partial charge in [0.1, 0.15) is 0 Å². The molecule has 19 heavy (non-hydrogen) atoms. The standard InChI is InChI=1S/C13H21F2N3O/c1-4-6-16-12-10(14)7-11(15)13(18-12)17-9(5-2)8-19-3/h7,9H,4-6,8H2,1-3H3,(H2,16,17,18). The van der Waals surface area contributed by atoms with Gasteiger partial charge in [-0.3, -0.25) is 0 Å². The summed E-state index contributed by atoms with van der Waals surface area (Å²) in [5, 5.41) is 5.75. The predicted octanol–water partition coefficient (Wildman–Crippen LogP) is 3.02. The molecular weight excluding hydrogens is 252 g/mol. The maximum absolute atomic E-state index is 13.7. The number of methoxy groups -OCH3 is 1. The lowest BCUT2D eigenvalue weighted by Crippen LogP contribution is -2.25. The van der Waals surface area contributed by atoms with Crippen LogP contribution in [0.4, 0.5) is 20.4 Å². The van der Waals surface area contributed by atoms with Crippen molar-refractivity contribution in [3.05, 3.63) is 17.7 Å². The Morgan fingerprint density at radius 1 is 1.26 bits per heavy atom. The maximum Gasteiger partial charge on any atom is 0.168 e. The number of hydrogen-bond donors (Lipinski definition) is 2. The molecule has 6 heteroatoms. The molecule has 0 radical (unpaired) electrons. The summed E-state index contributed by atoms with van der Waals surface area (Å²) in [7, 11) is 1.58. The van der Waals surface area contributed by atoms with E-state index < -0.39 is 11.6 Å². The minimum absolute atomic E-state index is 0.0453. The third-order valence-corrected chi connectivity index (χ3v) is 2.67. The average molecular weight is 273 g/mol. The smallest absolute Gasteiger partial charge is 0.168 e. The molecule has 1 heterocycles. The lowest BCUT2D eigenvalue weighted by atomic mass is 10.2. The second-order valence-electron chi connectivity index (χ2n) is 4.28. The van der Waals surface area contributed by atoms with Gasteiger partial charge in [0, 0.05) is 19.7 Å². The minimum atomic E-state index is -0.700. The van der Waals surface area contributed by atoms with Gasteiger partial charge in [-0.15, -0.1) is 0 Å². The first-order chi connectivity index (χ1) is 9.12. The molecule has 108 valence electrons. The van der Waals surface area contributed by atoms with E-state index >= 15 is 0 Å². The molecule has 0 aliphatic heterocycles. The SMILES string of the molecule is CCCNc1nc(NC(CC)COC)c(F)cc1F. The number of aromatic nitrogens is 1. The van der Waals surface area contributed by atoms with Crippen molar-refractivity contribution in [2.24, 2.45) is 0 Å². The van der Waals surface area contributed by atoms with Gasteiger partial charge in [0.2, 0.25) is 0 Å². The molecule has 4 nitrogen and oxygen atoms in total. The number of nitrogens with zero attached hydrogens (tertiary/aromatic N) is 1. The monoisotopic (exact) mass is 273 g/mol. The summed E-state index contributed by atoms with van der Waals surface area (Å²) in [5.74, 6) is -1.27. The highest BCUT2D eigenvalue weighted by Crippen LogP contribution is 2.20. The fourth-order valence-electron chi connectivity index (χ4n) is 1.59. The van der Waals surface area contributed by atoms with Crippen molar-refractivity contribution >= 4 is 11.6 Å². The highest BCUT2D eigenvalue weighted by molar-refractivity contribution is 5.48. The van der Waals surface area contributed by atoms with Crippen LogP contribution >= 0.6 is 0 Å². The van der Waals surface area contributed by atoms with E-state index in [9.17, 15) is 8.78 Å². The summed E-state index contributed by atoms with van der Waals surface area (Å²) in [6, 6.07) is 0.781. The lowest BCUT2D eigenvalue weighted by Gasteiger charge is -2.18. The third kappa shape index (κ3) is 4.63. The molecule has 0 bridgehead atoms. The molecule has 1 unspecified atom stereocenters. The number of nitrogens with one attached hydrogen (secondary N) is 2. The first-order valence-corrected chi connectivity index (χ1v) is 6.47. The van der Waals surface area contributed by atoms with Crippen LogP contribution in [-0.2, 0) is 4.74 Å². The molecule has 1 aromatic heterocycles. The van der Waals surface area contributed by atoms with Gasteiger partial charge < -0.3 is 15.4 Å². The molecule has 0 aromatic carbocycles. The Bertz CT molecular complexity index is 402. The van der Waals surface area contributed by atoms with Crippen LogP contribution < -0.4 is 10.6 Å². The maximum atomic E-state index is 13.7. The Labute approximate surface area is 112 Å². The number of rotatable bonds is 8. The van der Waals surface area contributed by atoms with Gasteiger partial charge in [-0.1, -0.05) is 13.8 Å². The number of pyridine rings is 1. The molecule has 0 saturated heterocycles. The second-order valence-corrected chi connectivity index (χ2v) is 4.28. The van der Waals surface area contributed by atoms with E-state index in [1.807, 2.05) is 13.8 Å². The van der Waals surface area contributed by atoms with Crippen LogP contribution in [0.3, 0.4) is 0 Å². The van der Waals surface area contributed by atoms with Gasteiger partial charge in [0.05, 0.1) is 12.6 Å². The fourth-order valence-corrected chi connectivity index (χ4v) is 1.59. The van der Waals surface area contributed by atoms with E-state index in [1.54, 1.807) is 7.11 Å². The van der Waals surface area contributed by atoms with E-state index in [-0.39, 0.29) is 17.7 Å². The van der Waals surface area contributed by atoms with Crippen molar-refractivity contribution < 1.29 is 13.5 Å². The molecule has 1 atom stereocenters. The highest BCUT2D eigenvalue weighted by atomic mass is 19.1. The Morgan fingerprint density at radius 2 is 1.95 bits per heavy atom. The fraction of sp³-hybridized carbons (Fsp3) is 0.615. The molecule has 0 aliphatic rings. The van der Waals surface area contributed by atoms with E-state index in [1.165, 1.54) is 0 Å². The Balaban J connectivity index is 2.86. The van der Waals surface area contributed by atoms with Gasteiger partial charge >= 0.3 is 0 Å². The molecule has 0 saturated carbocycles. The van der Waals surface area contributed by atoms with Crippen molar-refractivity contribution in [2.45, 2.75) is 32.7 Å². The molecule has 0 fully saturated rings. The molecule has 0 aliphatic carbocycles. The van der Waals surface area contributed by atoms with E-state index in [0.29, 0.717) is 13.2 Å². The first kappa shape index (κ1) is 15.6. The minimum Gasteiger partial charge on any atom is -0.383 e. The van der Waals surface area contributed by atoms with Crippen LogP contribution in [0.5, 0.6) is 0 Å². The van der Waals surface area contributed by atoms with Crippen LogP contribution in [0.15, 0.2) is 6.07 Å². The van der Waals surface area contributed by atoms with Gasteiger partial charge in [-0.05, 0) is 12.8 Å². The van der Waals surface area contributed by atoms with Crippen LogP contribution in [0, 0.1) is 11.6 Å². The molecule has 0 amide bonds. The number of hydrogen-bond acceptors (Lipinski definition) is 4. The first-order valence-electron chi connectivity index (χ1n) is 6.47. The van der Waals surface area contributed by atoms with E-state index in [4.69, 9.17) is 4.74 Å². The van der Waals surface area contributed by atoms with Crippen molar-refractivity contribution in [3.8, 4) is 0 Å². The van der Waals surface area contributed by atoms with Gasteiger partial charge in [0.15, 0.2) is 23.3 Å². The molecular formula is C13H21F2N3O. The summed E-state index contributed by atoms with van der Waals surface area (Å²) < 4.78 is 32.2. The normalized spacial score (nSPS) is 12.3. The summed E-state index contributed by atoms with van der Waals surface area (Å²) in [6.07, 6.45) is 1.59. The number of ether oxygens (including phenoxy) is 1. The zero-order chi connectivity index (χ0) is 14.3. The number of halogens is 2. The molecule has 2 N–H and O–H groups in total. The van der Waals surface area contributed by atoms with Crippen molar-refractivity contribution in [1.29, 1.82) is 0 Å². The van der Waals surface area contributed by atoms with Gasteiger partial charge in [-0.2, -0.15) is 0 Å². The molecule has 0 spiro atoms. The summed E-state index contributed by atoms with van der Waals surface area (Å²) in [6.45, 7) is 4.94. The molecule has 1 rings (SSSR count). The van der Waals surface area contributed by atoms with Gasteiger partial charge in [-0.25, -0.2) is 13.8 Å². The topological polar surface area (TPSA) is 46.2 Å².